The van der Waals surface area contributed by atoms with Crippen LogP contribution in [-0.2, 0) is 22.0 Å². The van der Waals surface area contributed by atoms with Gasteiger partial charge < -0.3 is 15.0 Å². The minimum Gasteiger partial charge on any atom is -0.461 e. The number of nitrogens with two attached hydrogens (primary N) is 1. The van der Waals surface area contributed by atoms with Crippen LogP contribution in [0.25, 0.3) is 11.0 Å². The lowest BCUT2D eigenvalue weighted by atomic mass is 10.0. The molecule has 9 heteroatoms. The Kier molecular flexibility index (Phi) is 5.01. The predicted molar refractivity (Wildman–Crippen MR) is 97.8 cm³/mol. The van der Waals surface area contributed by atoms with Crippen molar-refractivity contribution in [3.05, 3.63) is 52.3 Å². The summed E-state index contributed by atoms with van der Waals surface area (Å²) in [5.74, 6) is -5.25. The molecule has 0 fully saturated rings. The van der Waals surface area contributed by atoms with Crippen molar-refractivity contribution in [2.75, 3.05) is 12.3 Å². The number of aromatic nitrogens is 3. The summed E-state index contributed by atoms with van der Waals surface area (Å²) in [6, 6.07) is 5.77. The van der Waals surface area contributed by atoms with Gasteiger partial charge in [-0.05, 0) is 37.1 Å². The number of carbonyl (C=O) groups is 1. The van der Waals surface area contributed by atoms with Gasteiger partial charge in [0.2, 0.25) is 5.95 Å². The van der Waals surface area contributed by atoms with Gasteiger partial charge in [0, 0.05) is 18.3 Å². The number of nitrogens with zero attached hydrogens (tertiary/aromatic N) is 3. The van der Waals surface area contributed by atoms with E-state index >= 15 is 0 Å². The van der Waals surface area contributed by atoms with Gasteiger partial charge in [-0.3, -0.25) is 0 Å². The predicted octanol–water partition coefficient (Wildman–Crippen LogP) is 3.68. The second-order valence-corrected chi connectivity index (χ2v) is 6.34. The van der Waals surface area contributed by atoms with Crippen LogP contribution in [0.1, 0.15) is 23.6 Å². The van der Waals surface area contributed by atoms with E-state index in [0.717, 1.165) is 5.56 Å². The molecule has 0 aliphatic heterocycles. The number of aryl methyl sites for hydroxylation is 1. The van der Waals surface area contributed by atoms with Gasteiger partial charge in [-0.2, -0.15) is 13.8 Å². The molecule has 0 unspecified atom stereocenters. The fourth-order valence-electron chi connectivity index (χ4n) is 2.77. The van der Waals surface area contributed by atoms with Gasteiger partial charge in [0.15, 0.2) is 5.15 Å². The summed E-state index contributed by atoms with van der Waals surface area (Å²) in [5.41, 5.74) is 7.65. The highest BCUT2D eigenvalue weighted by molar-refractivity contribution is 6.33. The Bertz CT molecular complexity index is 1020. The van der Waals surface area contributed by atoms with Gasteiger partial charge in [0.25, 0.3) is 0 Å². The number of ether oxygens (including phenoxy) is 1. The fourth-order valence-corrected chi connectivity index (χ4v) is 3.06. The number of carbonyl (C=O) groups excluding carboxylic acids is 1. The topological polar surface area (TPSA) is 83.0 Å². The first-order chi connectivity index (χ1) is 12.7. The van der Waals surface area contributed by atoms with Crippen LogP contribution >= 0.6 is 11.6 Å². The molecule has 0 amide bonds. The molecule has 3 aromatic rings. The van der Waals surface area contributed by atoms with Gasteiger partial charge in [-0.15, -0.1) is 0 Å². The van der Waals surface area contributed by atoms with Gasteiger partial charge in [0.1, 0.15) is 5.52 Å². The maximum Gasteiger partial charge on any atom is 0.381 e. The number of nitrogen functional groups attached to an aromatic ring is 1. The number of benzene rings is 1. The van der Waals surface area contributed by atoms with E-state index in [-0.39, 0.29) is 24.3 Å². The first-order valence-electron chi connectivity index (χ1n) is 8.17. The zero-order valence-corrected chi connectivity index (χ0v) is 15.4. The Morgan fingerprint density at radius 2 is 2.07 bits per heavy atom. The molecule has 0 radical (unpaired) electrons. The molecule has 0 saturated carbocycles. The first-order valence-corrected chi connectivity index (χ1v) is 8.54. The lowest BCUT2D eigenvalue weighted by Gasteiger charge is -2.17. The second kappa shape index (κ2) is 7.11. The highest BCUT2D eigenvalue weighted by Crippen LogP contribution is 2.32. The molecule has 0 aliphatic rings. The van der Waals surface area contributed by atoms with Crippen LogP contribution in [-0.4, -0.2) is 27.1 Å². The van der Waals surface area contributed by atoms with Crippen LogP contribution in [0.3, 0.4) is 0 Å². The minimum absolute atomic E-state index is 0.0532. The Balaban J connectivity index is 2.00. The van der Waals surface area contributed by atoms with Crippen LogP contribution in [0.2, 0.25) is 5.15 Å². The van der Waals surface area contributed by atoms with E-state index in [1.165, 1.54) is 19.1 Å². The van der Waals surface area contributed by atoms with Gasteiger partial charge in [-0.25, -0.2) is 9.78 Å². The highest BCUT2D eigenvalue weighted by atomic mass is 35.5. The third-order valence-electron chi connectivity index (χ3n) is 4.17. The van der Waals surface area contributed by atoms with E-state index < -0.39 is 17.5 Å². The van der Waals surface area contributed by atoms with E-state index in [4.69, 9.17) is 17.3 Å². The molecule has 0 bridgehead atoms. The van der Waals surface area contributed by atoms with E-state index in [2.05, 4.69) is 14.7 Å². The average Bonchev–Trinajstić information content (AvgIpc) is 2.99. The smallest absolute Gasteiger partial charge is 0.381 e. The normalized spacial score (nSPS) is 11.7. The zero-order chi connectivity index (χ0) is 19.8. The molecule has 3 rings (SSSR count). The molecular weight excluding hydrogens is 378 g/mol. The van der Waals surface area contributed by atoms with Crippen molar-refractivity contribution in [1.29, 1.82) is 0 Å². The SMILES string of the molecule is CCOC(=O)C(F)(F)c1ccc(C)c(Cn2ccc3nc(N)nc(Cl)c32)c1. The minimum atomic E-state index is -3.73. The molecule has 2 aromatic heterocycles. The summed E-state index contributed by atoms with van der Waals surface area (Å²) in [5, 5.41) is 0.174. The van der Waals surface area contributed by atoms with Crippen LogP contribution in [0, 0.1) is 6.92 Å². The molecule has 27 heavy (non-hydrogen) atoms. The number of halogens is 3. The highest BCUT2D eigenvalue weighted by Gasteiger charge is 2.42. The first kappa shape index (κ1) is 19.0. The van der Waals surface area contributed by atoms with E-state index in [1.807, 2.05) is 0 Å². The molecule has 2 N–H and O–H groups in total. The lowest BCUT2D eigenvalue weighted by Crippen LogP contribution is -2.28. The summed E-state index contributed by atoms with van der Waals surface area (Å²) in [6.07, 6.45) is 1.72. The van der Waals surface area contributed by atoms with Crippen molar-refractivity contribution in [3.63, 3.8) is 0 Å². The van der Waals surface area contributed by atoms with Crippen LogP contribution in [0.5, 0.6) is 0 Å². The van der Waals surface area contributed by atoms with Gasteiger partial charge in [0.05, 0.1) is 12.1 Å². The Hall–Kier alpha value is -2.74. The number of alkyl halides is 2. The summed E-state index contributed by atoms with van der Waals surface area (Å²) >= 11 is 6.16. The standard InChI is InChI=1S/C18H17ClF2N4O2/c1-3-27-16(26)18(20,21)12-5-4-10(2)11(8-12)9-25-7-6-13-14(25)15(19)24-17(22)23-13/h4-8H,3,9H2,1-2H3,(H2,22,23,24). The van der Waals surface area contributed by atoms with Crippen molar-refractivity contribution in [1.82, 2.24) is 14.5 Å². The number of hydrogen-bond acceptors (Lipinski definition) is 5. The van der Waals surface area contributed by atoms with Crippen molar-refractivity contribution >= 4 is 34.6 Å². The maximum absolute atomic E-state index is 14.4. The zero-order valence-electron chi connectivity index (χ0n) is 14.7. The molecule has 2 heterocycles. The summed E-state index contributed by atoms with van der Waals surface area (Å²) in [6.45, 7) is 3.40. The third-order valence-corrected chi connectivity index (χ3v) is 4.43. The molecule has 0 spiro atoms. The number of rotatable bonds is 5. The monoisotopic (exact) mass is 394 g/mol. The summed E-state index contributed by atoms with van der Waals surface area (Å²) in [4.78, 5) is 19.6. The number of hydrogen-bond donors (Lipinski definition) is 1. The van der Waals surface area contributed by atoms with Crippen molar-refractivity contribution in [2.45, 2.75) is 26.3 Å². The second-order valence-electron chi connectivity index (χ2n) is 5.99. The van der Waals surface area contributed by atoms with Gasteiger partial charge in [-0.1, -0.05) is 23.7 Å². The van der Waals surface area contributed by atoms with Crippen molar-refractivity contribution in [2.24, 2.45) is 0 Å². The molecule has 0 saturated heterocycles. The van der Waals surface area contributed by atoms with Crippen LogP contribution < -0.4 is 5.73 Å². The molecule has 0 aliphatic carbocycles. The Morgan fingerprint density at radius 1 is 1.33 bits per heavy atom. The van der Waals surface area contributed by atoms with E-state index in [9.17, 15) is 13.6 Å². The fraction of sp³-hybridized carbons (Fsp3) is 0.278. The summed E-state index contributed by atoms with van der Waals surface area (Å²) in [7, 11) is 0. The molecular formula is C18H17ClF2N4O2. The quantitative estimate of drug-likeness (QED) is 0.527. The average molecular weight is 395 g/mol. The molecule has 0 atom stereocenters. The van der Waals surface area contributed by atoms with E-state index in [0.29, 0.717) is 16.6 Å². The number of fused-ring (bicyclic) bond motifs is 1. The number of anilines is 1. The molecule has 6 nitrogen and oxygen atoms in total. The maximum atomic E-state index is 14.4. The third kappa shape index (κ3) is 3.57. The Labute approximate surface area is 158 Å². The Morgan fingerprint density at radius 3 is 2.78 bits per heavy atom. The lowest BCUT2D eigenvalue weighted by molar-refractivity contribution is -0.173. The molecule has 1 aromatic carbocycles. The number of esters is 1. The van der Waals surface area contributed by atoms with Crippen molar-refractivity contribution < 1.29 is 18.3 Å². The van der Waals surface area contributed by atoms with Crippen molar-refractivity contribution in [3.8, 4) is 0 Å². The van der Waals surface area contributed by atoms with Crippen LogP contribution in [0.15, 0.2) is 30.5 Å². The van der Waals surface area contributed by atoms with E-state index in [1.54, 1.807) is 29.8 Å². The largest absolute Gasteiger partial charge is 0.461 e. The summed E-state index contributed by atoms with van der Waals surface area (Å²) < 4.78 is 34.9. The molecule has 142 valence electrons. The van der Waals surface area contributed by atoms with Crippen LogP contribution in [0.4, 0.5) is 14.7 Å². The van der Waals surface area contributed by atoms with Gasteiger partial charge >= 0.3 is 11.9 Å².